The third-order valence-electron chi connectivity index (χ3n) is 4.05. The van der Waals surface area contributed by atoms with E-state index in [9.17, 15) is 4.79 Å². The van der Waals surface area contributed by atoms with Gasteiger partial charge in [-0.3, -0.25) is 4.79 Å². The summed E-state index contributed by atoms with van der Waals surface area (Å²) in [7, 11) is 0. The molecule has 0 heterocycles. The molecule has 2 rings (SSSR count). The predicted molar refractivity (Wildman–Crippen MR) is 101 cm³/mol. The predicted octanol–water partition coefficient (Wildman–Crippen LogP) is 4.36. The number of rotatable bonds is 9. The van der Waals surface area contributed by atoms with Gasteiger partial charge in [-0.1, -0.05) is 56.3 Å². The van der Waals surface area contributed by atoms with Gasteiger partial charge < -0.3 is 10.6 Å². The third kappa shape index (κ3) is 6.55. The highest BCUT2D eigenvalue weighted by atomic mass is 16.1. The van der Waals surface area contributed by atoms with Crippen molar-refractivity contribution >= 4 is 11.6 Å². The van der Waals surface area contributed by atoms with Crippen LogP contribution in [0, 0.1) is 0 Å². The summed E-state index contributed by atoms with van der Waals surface area (Å²) in [5, 5.41) is 6.28. The first-order valence-electron chi connectivity index (χ1n) is 8.79. The molecule has 0 fully saturated rings. The molecule has 0 spiro atoms. The summed E-state index contributed by atoms with van der Waals surface area (Å²) in [6.45, 7) is 5.98. The molecule has 3 nitrogen and oxygen atoms in total. The maximum atomic E-state index is 11.9. The van der Waals surface area contributed by atoms with E-state index in [4.69, 9.17) is 0 Å². The van der Waals surface area contributed by atoms with Crippen molar-refractivity contribution in [3.63, 3.8) is 0 Å². The lowest BCUT2D eigenvalue weighted by atomic mass is 10.0. The van der Waals surface area contributed by atoms with E-state index >= 15 is 0 Å². The Kier molecular flexibility index (Phi) is 7.50. The molecule has 2 aromatic rings. The highest BCUT2D eigenvalue weighted by Gasteiger charge is 2.03. The van der Waals surface area contributed by atoms with E-state index < -0.39 is 0 Å². The minimum atomic E-state index is 0.0582. The molecule has 128 valence electrons. The summed E-state index contributed by atoms with van der Waals surface area (Å²) in [6.07, 6.45) is 2.65. The standard InChI is InChI=1S/C21H28N2O/c1-17(2)19-10-12-20(13-11-19)23-21(24)14-16-22-15-6-9-18-7-4-3-5-8-18/h3-5,7-8,10-13,17,22H,6,9,14-16H2,1-2H3,(H,23,24). The lowest BCUT2D eigenvalue weighted by Crippen LogP contribution is -2.22. The maximum absolute atomic E-state index is 11.9. The normalized spacial score (nSPS) is 10.8. The minimum Gasteiger partial charge on any atom is -0.326 e. The van der Waals surface area contributed by atoms with Gasteiger partial charge in [-0.05, 0) is 48.6 Å². The highest BCUT2D eigenvalue weighted by molar-refractivity contribution is 5.90. The van der Waals surface area contributed by atoms with Crippen molar-refractivity contribution in [2.24, 2.45) is 0 Å². The van der Waals surface area contributed by atoms with Gasteiger partial charge >= 0.3 is 0 Å². The van der Waals surface area contributed by atoms with Gasteiger partial charge in [0.2, 0.25) is 5.91 Å². The molecule has 0 aromatic heterocycles. The fraction of sp³-hybridized carbons (Fsp3) is 0.381. The number of hydrogen-bond donors (Lipinski definition) is 2. The lowest BCUT2D eigenvalue weighted by molar-refractivity contribution is -0.116. The third-order valence-corrected chi connectivity index (χ3v) is 4.05. The van der Waals surface area contributed by atoms with Gasteiger partial charge in [-0.25, -0.2) is 0 Å². The molecule has 2 aromatic carbocycles. The monoisotopic (exact) mass is 324 g/mol. The van der Waals surface area contributed by atoms with Crippen LogP contribution in [0.15, 0.2) is 54.6 Å². The summed E-state index contributed by atoms with van der Waals surface area (Å²) in [6, 6.07) is 18.6. The van der Waals surface area contributed by atoms with E-state index in [2.05, 4.69) is 60.9 Å². The van der Waals surface area contributed by atoms with E-state index in [-0.39, 0.29) is 5.91 Å². The average Bonchev–Trinajstić information content (AvgIpc) is 2.59. The van der Waals surface area contributed by atoms with Gasteiger partial charge in [-0.2, -0.15) is 0 Å². The molecule has 1 amide bonds. The first kappa shape index (κ1) is 18.2. The van der Waals surface area contributed by atoms with Crippen molar-refractivity contribution in [2.45, 2.75) is 39.0 Å². The van der Waals surface area contributed by atoms with Crippen LogP contribution >= 0.6 is 0 Å². The molecule has 0 atom stereocenters. The smallest absolute Gasteiger partial charge is 0.225 e. The van der Waals surface area contributed by atoms with Crippen molar-refractivity contribution < 1.29 is 4.79 Å². The van der Waals surface area contributed by atoms with Crippen LogP contribution in [0.3, 0.4) is 0 Å². The number of aryl methyl sites for hydroxylation is 1. The zero-order chi connectivity index (χ0) is 17.2. The van der Waals surface area contributed by atoms with Crippen LogP contribution in [0.1, 0.15) is 43.7 Å². The van der Waals surface area contributed by atoms with Crippen LogP contribution in [0.4, 0.5) is 5.69 Å². The molecule has 0 radical (unpaired) electrons. The van der Waals surface area contributed by atoms with Crippen molar-refractivity contribution in [1.29, 1.82) is 0 Å². The van der Waals surface area contributed by atoms with Gasteiger partial charge in [0.05, 0.1) is 0 Å². The molecule has 0 saturated heterocycles. The number of hydrogen-bond acceptors (Lipinski definition) is 2. The topological polar surface area (TPSA) is 41.1 Å². The second-order valence-electron chi connectivity index (χ2n) is 6.41. The van der Waals surface area contributed by atoms with Crippen molar-refractivity contribution in [2.75, 3.05) is 18.4 Å². The molecule has 2 N–H and O–H groups in total. The largest absolute Gasteiger partial charge is 0.326 e. The van der Waals surface area contributed by atoms with Crippen LogP contribution in [-0.2, 0) is 11.2 Å². The summed E-state index contributed by atoms with van der Waals surface area (Å²) < 4.78 is 0. The van der Waals surface area contributed by atoms with Crippen LogP contribution < -0.4 is 10.6 Å². The van der Waals surface area contributed by atoms with E-state index in [1.54, 1.807) is 0 Å². The fourth-order valence-corrected chi connectivity index (χ4v) is 2.56. The van der Waals surface area contributed by atoms with E-state index in [1.807, 2.05) is 18.2 Å². The molecule has 0 aliphatic carbocycles. The van der Waals surface area contributed by atoms with Crippen molar-refractivity contribution in [1.82, 2.24) is 5.32 Å². The van der Waals surface area contributed by atoms with Gasteiger partial charge in [-0.15, -0.1) is 0 Å². The molecule has 24 heavy (non-hydrogen) atoms. The zero-order valence-corrected chi connectivity index (χ0v) is 14.7. The molecule has 0 unspecified atom stereocenters. The minimum absolute atomic E-state index is 0.0582. The van der Waals surface area contributed by atoms with Gasteiger partial charge in [0.15, 0.2) is 0 Å². The highest BCUT2D eigenvalue weighted by Crippen LogP contribution is 2.17. The summed E-state index contributed by atoms with van der Waals surface area (Å²) in [4.78, 5) is 11.9. The van der Waals surface area contributed by atoms with Crippen LogP contribution in [0.5, 0.6) is 0 Å². The molecule has 0 aliphatic heterocycles. The Morgan fingerprint density at radius 2 is 1.67 bits per heavy atom. The van der Waals surface area contributed by atoms with Crippen molar-refractivity contribution in [3.05, 3.63) is 65.7 Å². The summed E-state index contributed by atoms with van der Waals surface area (Å²) >= 11 is 0. The Morgan fingerprint density at radius 1 is 0.958 bits per heavy atom. The zero-order valence-electron chi connectivity index (χ0n) is 14.7. The number of carbonyl (C=O) groups excluding carboxylic acids is 1. The number of carbonyl (C=O) groups is 1. The second-order valence-corrected chi connectivity index (χ2v) is 6.41. The molecule has 0 bridgehead atoms. The van der Waals surface area contributed by atoms with Crippen LogP contribution in [0.2, 0.25) is 0 Å². The Hall–Kier alpha value is -2.13. The Morgan fingerprint density at radius 3 is 2.33 bits per heavy atom. The molecular formula is C21H28N2O. The van der Waals surface area contributed by atoms with Crippen molar-refractivity contribution in [3.8, 4) is 0 Å². The molecule has 3 heteroatoms. The SMILES string of the molecule is CC(C)c1ccc(NC(=O)CCNCCCc2ccccc2)cc1. The molecular weight excluding hydrogens is 296 g/mol. The quantitative estimate of drug-likeness (QED) is 0.673. The Labute approximate surface area is 145 Å². The number of benzene rings is 2. The van der Waals surface area contributed by atoms with Gasteiger partial charge in [0.1, 0.15) is 0 Å². The van der Waals surface area contributed by atoms with Gasteiger partial charge in [0.25, 0.3) is 0 Å². The average molecular weight is 324 g/mol. The van der Waals surface area contributed by atoms with Crippen LogP contribution in [-0.4, -0.2) is 19.0 Å². The first-order valence-corrected chi connectivity index (χ1v) is 8.79. The number of nitrogens with one attached hydrogen (secondary N) is 2. The lowest BCUT2D eigenvalue weighted by Gasteiger charge is -2.09. The summed E-state index contributed by atoms with van der Waals surface area (Å²) in [5.74, 6) is 0.567. The van der Waals surface area contributed by atoms with Crippen LogP contribution in [0.25, 0.3) is 0 Å². The Bertz CT molecular complexity index is 605. The Balaban J connectivity index is 1.58. The second kappa shape index (κ2) is 9.89. The first-order chi connectivity index (χ1) is 11.6. The number of amides is 1. The summed E-state index contributed by atoms with van der Waals surface area (Å²) in [5.41, 5.74) is 3.52. The van der Waals surface area contributed by atoms with Gasteiger partial charge in [0, 0.05) is 18.7 Å². The fourth-order valence-electron chi connectivity index (χ4n) is 2.56. The number of anilines is 1. The van der Waals surface area contributed by atoms with E-state index in [0.717, 1.165) is 25.1 Å². The van der Waals surface area contributed by atoms with E-state index in [1.165, 1.54) is 11.1 Å². The molecule has 0 saturated carbocycles. The van der Waals surface area contributed by atoms with E-state index in [0.29, 0.717) is 18.9 Å². The molecule has 0 aliphatic rings. The maximum Gasteiger partial charge on any atom is 0.225 e.